The van der Waals surface area contributed by atoms with Crippen molar-refractivity contribution in [1.82, 2.24) is 0 Å². The SMILES string of the molecule is CC(C)(C)c1c[c-]c2c(c1)-c1cc(C(C)(C)C)ccc1C2.[C-]1=CC=CC1.[Cl-].[Cl-].[Zr+2]=[C](CC1CCCCC1)CC1CCCCC1. The van der Waals surface area contributed by atoms with Gasteiger partial charge in [-0.15, -0.1) is 12.0 Å². The Bertz CT molecular complexity index is 1130. The van der Waals surface area contributed by atoms with Crippen molar-refractivity contribution in [1.29, 1.82) is 0 Å². The second-order valence-corrected chi connectivity index (χ2v) is 17.1. The van der Waals surface area contributed by atoms with E-state index in [1.807, 2.05) is 15.4 Å². The Morgan fingerprint density at radius 3 is 1.75 bits per heavy atom. The van der Waals surface area contributed by atoms with E-state index in [1.165, 1.54) is 110 Å². The Hall–Kier alpha value is -0.747. The number of rotatable bonds is 4. The monoisotopic (exact) mass is 708 g/mol. The van der Waals surface area contributed by atoms with Crippen molar-refractivity contribution < 1.29 is 49.0 Å². The van der Waals surface area contributed by atoms with E-state index in [0.717, 1.165) is 24.7 Å². The van der Waals surface area contributed by atoms with Gasteiger partial charge in [0.1, 0.15) is 0 Å². The molecule has 6 rings (SSSR count). The van der Waals surface area contributed by atoms with Gasteiger partial charge in [-0.3, -0.25) is 6.08 Å². The molecule has 0 atom stereocenters. The quantitative estimate of drug-likeness (QED) is 0.309. The first-order valence-corrected chi connectivity index (χ1v) is 18.2. The van der Waals surface area contributed by atoms with E-state index in [1.54, 1.807) is 24.2 Å². The molecule has 4 aliphatic carbocycles. The van der Waals surface area contributed by atoms with E-state index in [-0.39, 0.29) is 35.6 Å². The van der Waals surface area contributed by atoms with Gasteiger partial charge in [0.15, 0.2) is 0 Å². The van der Waals surface area contributed by atoms with Crippen LogP contribution in [0.4, 0.5) is 0 Å². The van der Waals surface area contributed by atoms with Gasteiger partial charge in [-0.05, 0) is 17.4 Å². The molecular formula is C41H56Cl2Zr-2. The molecule has 4 aliphatic rings. The zero-order valence-corrected chi connectivity index (χ0v) is 32.4. The van der Waals surface area contributed by atoms with Gasteiger partial charge in [0, 0.05) is 0 Å². The van der Waals surface area contributed by atoms with Gasteiger partial charge in [0.2, 0.25) is 0 Å². The second-order valence-electron chi connectivity index (χ2n) is 15.4. The fraction of sp³-hybridized carbons (Fsp3) is 0.585. The van der Waals surface area contributed by atoms with E-state index in [0.29, 0.717) is 0 Å². The predicted octanol–water partition coefficient (Wildman–Crippen LogP) is 5.61. The van der Waals surface area contributed by atoms with E-state index >= 15 is 0 Å². The summed E-state index contributed by atoms with van der Waals surface area (Å²) in [6, 6.07) is 15.1. The Morgan fingerprint density at radius 1 is 0.750 bits per heavy atom. The maximum absolute atomic E-state index is 3.53. The van der Waals surface area contributed by atoms with Crippen LogP contribution in [0, 0.1) is 24.0 Å². The number of benzene rings is 2. The summed E-state index contributed by atoms with van der Waals surface area (Å²) in [7, 11) is 0. The molecule has 0 bridgehead atoms. The van der Waals surface area contributed by atoms with Crippen LogP contribution in [0.1, 0.15) is 147 Å². The topological polar surface area (TPSA) is 0 Å². The van der Waals surface area contributed by atoms with Crippen LogP contribution in [0.5, 0.6) is 0 Å². The fourth-order valence-electron chi connectivity index (χ4n) is 6.89. The van der Waals surface area contributed by atoms with Gasteiger partial charge in [0.05, 0.1) is 0 Å². The molecule has 2 aromatic carbocycles. The molecule has 0 radical (unpaired) electrons. The molecule has 0 nitrogen and oxygen atoms in total. The Balaban J connectivity index is 0.000000260. The maximum atomic E-state index is 3.53. The molecule has 0 aliphatic heterocycles. The van der Waals surface area contributed by atoms with Crippen molar-refractivity contribution in [2.75, 3.05) is 0 Å². The third-order valence-corrected chi connectivity index (χ3v) is 10.6. The summed E-state index contributed by atoms with van der Waals surface area (Å²) in [6.45, 7) is 13.6. The Kier molecular flexibility index (Phi) is 16.6. The Morgan fingerprint density at radius 2 is 1.30 bits per heavy atom. The molecule has 0 aromatic heterocycles. The minimum atomic E-state index is 0. The van der Waals surface area contributed by atoms with Crippen molar-refractivity contribution in [3.8, 4) is 11.1 Å². The van der Waals surface area contributed by atoms with Crippen LogP contribution in [0.25, 0.3) is 11.1 Å². The van der Waals surface area contributed by atoms with Gasteiger partial charge < -0.3 is 24.8 Å². The van der Waals surface area contributed by atoms with Crippen molar-refractivity contribution in [3.63, 3.8) is 0 Å². The van der Waals surface area contributed by atoms with Crippen LogP contribution < -0.4 is 24.8 Å². The van der Waals surface area contributed by atoms with E-state index in [9.17, 15) is 0 Å². The average Bonchev–Trinajstić information content (AvgIpc) is 3.65. The van der Waals surface area contributed by atoms with E-state index in [4.69, 9.17) is 0 Å². The van der Waals surface area contributed by atoms with Crippen LogP contribution in [-0.2, 0) is 41.5 Å². The first-order chi connectivity index (χ1) is 20.0. The average molecular weight is 711 g/mol. The molecule has 0 heterocycles. The third kappa shape index (κ3) is 12.1. The van der Waals surface area contributed by atoms with Crippen molar-refractivity contribution in [3.05, 3.63) is 83.0 Å². The molecule has 3 heteroatoms. The number of hydrogen-bond acceptors (Lipinski definition) is 0. The third-order valence-electron chi connectivity index (χ3n) is 9.63. The zero-order valence-electron chi connectivity index (χ0n) is 28.4. The number of allylic oxidation sites excluding steroid dienone is 4. The van der Waals surface area contributed by atoms with Crippen molar-refractivity contribution in [2.24, 2.45) is 11.8 Å². The van der Waals surface area contributed by atoms with Crippen molar-refractivity contribution in [2.45, 2.75) is 142 Å². The standard InChI is InChI=1S/C21H25.C15H26.C5H5.2ClH.Zr/c1-20(2,3)16-9-7-14-11-15-8-10-17(21(4,5)6)13-19(15)18(14)12-16;1-3-8-14(9-4-1)12-7-13-15-10-5-2-6-11-15;1-2-4-5-3-1;;;/h7,9-10,12-13H,11H2,1-6H3;14-15H,1-6,8-13H2;1-3H,4H2;2*1H;/q-1;;-1;;;+2/p-2. The van der Waals surface area contributed by atoms with Gasteiger partial charge in [-0.2, -0.15) is 35.4 Å². The summed E-state index contributed by atoms with van der Waals surface area (Å²) in [4.78, 5) is 0. The molecule has 44 heavy (non-hydrogen) atoms. The van der Waals surface area contributed by atoms with E-state index < -0.39 is 0 Å². The van der Waals surface area contributed by atoms with Crippen LogP contribution in [0.2, 0.25) is 0 Å². The van der Waals surface area contributed by atoms with E-state index in [2.05, 4.69) is 90.1 Å². The van der Waals surface area contributed by atoms with Crippen LogP contribution in [-0.4, -0.2) is 3.21 Å². The van der Waals surface area contributed by atoms with Crippen LogP contribution in [0.15, 0.2) is 48.6 Å². The molecule has 2 saturated carbocycles. The van der Waals surface area contributed by atoms with Gasteiger partial charge in [-0.1, -0.05) is 76.3 Å². The molecule has 0 unspecified atom stereocenters. The van der Waals surface area contributed by atoms with Gasteiger partial charge in [0.25, 0.3) is 0 Å². The van der Waals surface area contributed by atoms with Crippen molar-refractivity contribution >= 4 is 3.21 Å². The molecule has 2 fully saturated rings. The molecule has 240 valence electrons. The number of halogens is 2. The first-order valence-electron chi connectivity index (χ1n) is 17.0. The van der Waals surface area contributed by atoms with Gasteiger partial charge in [-0.25, -0.2) is 12.2 Å². The molecule has 0 saturated heterocycles. The first kappa shape index (κ1) is 39.4. The molecule has 0 N–H and O–H groups in total. The second kappa shape index (κ2) is 18.6. The number of hydrogen-bond donors (Lipinski definition) is 0. The summed E-state index contributed by atoms with van der Waals surface area (Å²) < 4.78 is 1.91. The molecule has 0 amide bonds. The zero-order chi connectivity index (χ0) is 30.2. The summed E-state index contributed by atoms with van der Waals surface area (Å²) in [5.74, 6) is 2.15. The fourth-order valence-corrected chi connectivity index (χ4v) is 8.31. The predicted molar refractivity (Wildman–Crippen MR) is 180 cm³/mol. The minimum absolute atomic E-state index is 0. The van der Waals surface area contributed by atoms with Gasteiger partial charge >= 0.3 is 116 Å². The molecular weight excluding hydrogens is 655 g/mol. The summed E-state index contributed by atoms with van der Waals surface area (Å²) >= 11 is 1.75. The summed E-state index contributed by atoms with van der Waals surface area (Å²) in [5, 5.41) is 0. The number of fused-ring (bicyclic) bond motifs is 3. The molecule has 2 aromatic rings. The van der Waals surface area contributed by atoms with Crippen LogP contribution in [0.3, 0.4) is 0 Å². The van der Waals surface area contributed by atoms with Crippen LogP contribution >= 0.6 is 0 Å². The Labute approximate surface area is 298 Å². The molecule has 0 spiro atoms. The summed E-state index contributed by atoms with van der Waals surface area (Å²) in [6.07, 6.45) is 29.2. The normalized spacial score (nSPS) is 17.6. The summed E-state index contributed by atoms with van der Waals surface area (Å²) in [5.41, 5.74) is 8.76.